The summed E-state index contributed by atoms with van der Waals surface area (Å²) >= 11 is 0. The van der Waals surface area contributed by atoms with Crippen molar-refractivity contribution in [2.45, 2.75) is 20.3 Å². The molecule has 2 N–H and O–H groups in total. The molecule has 0 radical (unpaired) electrons. The fraction of sp³-hybridized carbons (Fsp3) is 0.471. The van der Waals surface area contributed by atoms with E-state index >= 15 is 0 Å². The van der Waals surface area contributed by atoms with Gasteiger partial charge in [-0.05, 0) is 32.4 Å². The van der Waals surface area contributed by atoms with Gasteiger partial charge in [0.2, 0.25) is 0 Å². The summed E-state index contributed by atoms with van der Waals surface area (Å²) in [4.78, 5) is 36.3. The third kappa shape index (κ3) is 5.57. The Balaban J connectivity index is 2.67. The topological polar surface area (TPSA) is 95.9 Å². The second kappa shape index (κ2) is 8.33. The number of likely N-dealkylation sites (N-methyl/N-ethyl adjacent to an activating group) is 1. The van der Waals surface area contributed by atoms with Crippen molar-refractivity contribution < 1.29 is 24.2 Å². The fourth-order valence-electron chi connectivity index (χ4n) is 1.74. The first-order valence-electron chi connectivity index (χ1n) is 7.58. The Hall–Kier alpha value is -2.57. The maximum Gasteiger partial charge on any atom is 0.309 e. The maximum atomic E-state index is 12.3. The second-order valence-electron chi connectivity index (χ2n) is 6.27. The molecule has 0 fully saturated rings. The summed E-state index contributed by atoms with van der Waals surface area (Å²) in [6.07, 6.45) is 0.302. The molecule has 0 saturated heterocycles. The summed E-state index contributed by atoms with van der Waals surface area (Å²) in [6.45, 7) is 3.27. The molecule has 24 heavy (non-hydrogen) atoms. The molecule has 0 heterocycles. The predicted molar refractivity (Wildman–Crippen MR) is 89.0 cm³/mol. The van der Waals surface area contributed by atoms with Crippen LogP contribution in [0.2, 0.25) is 0 Å². The molecule has 1 aromatic carbocycles. The van der Waals surface area contributed by atoms with Crippen molar-refractivity contribution in [2.24, 2.45) is 5.41 Å². The molecule has 2 amide bonds. The van der Waals surface area contributed by atoms with Gasteiger partial charge in [0.25, 0.3) is 11.8 Å². The molecule has 0 aliphatic rings. The molecule has 7 heteroatoms. The Kier molecular flexibility index (Phi) is 6.76. The Morgan fingerprint density at radius 1 is 1.21 bits per heavy atom. The molecule has 1 aromatic rings. The van der Waals surface area contributed by atoms with Gasteiger partial charge in [-0.3, -0.25) is 14.4 Å². The lowest BCUT2D eigenvalue weighted by Gasteiger charge is -2.19. The summed E-state index contributed by atoms with van der Waals surface area (Å²) in [5.74, 6) is -1.19. The van der Waals surface area contributed by atoms with E-state index in [9.17, 15) is 14.4 Å². The SMILES string of the molecule is CN(C)C(=O)COc1ccccc1C(=O)NCCC(C)(C)C(=O)O. The van der Waals surface area contributed by atoms with Crippen molar-refractivity contribution in [1.29, 1.82) is 0 Å². The van der Waals surface area contributed by atoms with Crippen LogP contribution in [0.15, 0.2) is 24.3 Å². The largest absolute Gasteiger partial charge is 0.483 e. The highest BCUT2D eigenvalue weighted by Gasteiger charge is 2.26. The number of carboxylic acids is 1. The quantitative estimate of drug-likeness (QED) is 0.748. The van der Waals surface area contributed by atoms with E-state index in [2.05, 4.69) is 5.32 Å². The van der Waals surface area contributed by atoms with E-state index in [-0.39, 0.29) is 25.0 Å². The first-order valence-corrected chi connectivity index (χ1v) is 7.58. The van der Waals surface area contributed by atoms with Crippen LogP contribution in [0.1, 0.15) is 30.6 Å². The Morgan fingerprint density at radius 2 is 1.83 bits per heavy atom. The molecule has 0 atom stereocenters. The van der Waals surface area contributed by atoms with Crippen LogP contribution in [0, 0.1) is 5.41 Å². The Bertz CT molecular complexity index is 611. The number of carboxylic acid groups (broad SMARTS) is 1. The number of nitrogens with one attached hydrogen (secondary N) is 1. The van der Waals surface area contributed by atoms with Crippen molar-refractivity contribution in [3.63, 3.8) is 0 Å². The standard InChI is InChI=1S/C17H24N2O5/c1-17(2,16(22)23)9-10-18-15(21)12-7-5-6-8-13(12)24-11-14(20)19(3)4/h5-8H,9-11H2,1-4H3,(H,18,21)(H,22,23). The van der Waals surface area contributed by atoms with E-state index < -0.39 is 11.4 Å². The number of para-hydroxylation sites is 1. The third-order valence-corrected chi connectivity index (χ3v) is 3.60. The van der Waals surface area contributed by atoms with Crippen LogP contribution in [-0.2, 0) is 9.59 Å². The van der Waals surface area contributed by atoms with E-state index in [1.807, 2.05) is 0 Å². The van der Waals surface area contributed by atoms with Crippen molar-refractivity contribution in [2.75, 3.05) is 27.2 Å². The first-order chi connectivity index (χ1) is 11.1. The minimum atomic E-state index is -0.915. The van der Waals surface area contributed by atoms with Crippen LogP contribution in [0.25, 0.3) is 0 Å². The predicted octanol–water partition coefficient (Wildman–Crippen LogP) is 1.38. The minimum Gasteiger partial charge on any atom is -0.483 e. The summed E-state index contributed by atoms with van der Waals surface area (Å²) < 4.78 is 5.42. The van der Waals surface area contributed by atoms with E-state index in [0.717, 1.165) is 0 Å². The van der Waals surface area contributed by atoms with Crippen molar-refractivity contribution in [1.82, 2.24) is 10.2 Å². The van der Waals surface area contributed by atoms with Crippen molar-refractivity contribution >= 4 is 17.8 Å². The molecule has 1 rings (SSSR count). The monoisotopic (exact) mass is 336 g/mol. The van der Waals surface area contributed by atoms with E-state index in [1.54, 1.807) is 52.2 Å². The number of hydrogen-bond acceptors (Lipinski definition) is 4. The second-order valence-corrected chi connectivity index (χ2v) is 6.27. The van der Waals surface area contributed by atoms with Gasteiger partial charge in [0.15, 0.2) is 6.61 Å². The van der Waals surface area contributed by atoms with Crippen molar-refractivity contribution in [3.05, 3.63) is 29.8 Å². The van der Waals surface area contributed by atoms with E-state index in [0.29, 0.717) is 17.7 Å². The smallest absolute Gasteiger partial charge is 0.309 e. The first kappa shape index (κ1) is 19.5. The molecule has 0 unspecified atom stereocenters. The van der Waals surface area contributed by atoms with E-state index in [4.69, 9.17) is 9.84 Å². The fourth-order valence-corrected chi connectivity index (χ4v) is 1.74. The number of carbonyl (C=O) groups excluding carboxylic acids is 2. The molecule has 0 saturated carbocycles. The number of amides is 2. The van der Waals surface area contributed by atoms with Gasteiger partial charge >= 0.3 is 5.97 Å². The van der Waals surface area contributed by atoms with Gasteiger partial charge in [-0.2, -0.15) is 0 Å². The van der Waals surface area contributed by atoms with Crippen LogP contribution in [-0.4, -0.2) is 55.0 Å². The van der Waals surface area contributed by atoms with Crippen molar-refractivity contribution in [3.8, 4) is 5.75 Å². The summed E-state index contributed by atoms with van der Waals surface area (Å²) in [5.41, 5.74) is -0.612. The van der Waals surface area contributed by atoms with Gasteiger partial charge < -0.3 is 20.1 Å². The van der Waals surface area contributed by atoms with Gasteiger partial charge in [-0.15, -0.1) is 0 Å². The normalized spacial score (nSPS) is 10.8. The lowest BCUT2D eigenvalue weighted by molar-refractivity contribution is -0.147. The molecule has 0 aromatic heterocycles. The van der Waals surface area contributed by atoms with Gasteiger partial charge in [-0.25, -0.2) is 0 Å². The Morgan fingerprint density at radius 3 is 2.42 bits per heavy atom. The summed E-state index contributed by atoms with van der Waals surface area (Å²) in [5, 5.41) is 11.7. The number of nitrogens with zero attached hydrogens (tertiary/aromatic N) is 1. The highest BCUT2D eigenvalue weighted by atomic mass is 16.5. The van der Waals surface area contributed by atoms with Crippen LogP contribution < -0.4 is 10.1 Å². The molecule has 0 spiro atoms. The average molecular weight is 336 g/mol. The minimum absolute atomic E-state index is 0.163. The average Bonchev–Trinajstić information content (AvgIpc) is 2.52. The zero-order valence-corrected chi connectivity index (χ0v) is 14.5. The third-order valence-electron chi connectivity index (χ3n) is 3.60. The van der Waals surface area contributed by atoms with Gasteiger partial charge in [0.05, 0.1) is 11.0 Å². The number of ether oxygens (including phenoxy) is 1. The molecule has 0 aliphatic carbocycles. The Labute approximate surface area is 141 Å². The van der Waals surface area contributed by atoms with Gasteiger partial charge in [-0.1, -0.05) is 12.1 Å². The highest BCUT2D eigenvalue weighted by Crippen LogP contribution is 2.20. The van der Waals surface area contributed by atoms with E-state index in [1.165, 1.54) is 4.90 Å². The number of aliphatic carboxylic acids is 1. The highest BCUT2D eigenvalue weighted by molar-refractivity contribution is 5.97. The maximum absolute atomic E-state index is 12.3. The zero-order valence-electron chi connectivity index (χ0n) is 14.5. The van der Waals surface area contributed by atoms with Gasteiger partial charge in [0.1, 0.15) is 5.75 Å². The number of hydrogen-bond donors (Lipinski definition) is 2. The molecule has 132 valence electrons. The van der Waals surface area contributed by atoms with Gasteiger partial charge in [0, 0.05) is 20.6 Å². The molecular weight excluding hydrogens is 312 g/mol. The number of carbonyl (C=O) groups is 3. The van der Waals surface area contributed by atoms with Crippen LogP contribution in [0.3, 0.4) is 0 Å². The lowest BCUT2D eigenvalue weighted by atomic mass is 9.90. The van der Waals surface area contributed by atoms with Crippen LogP contribution >= 0.6 is 0 Å². The molecular formula is C17H24N2O5. The van der Waals surface area contributed by atoms with Crippen LogP contribution in [0.4, 0.5) is 0 Å². The summed E-state index contributed by atoms with van der Waals surface area (Å²) in [7, 11) is 3.24. The molecule has 7 nitrogen and oxygen atoms in total. The zero-order chi connectivity index (χ0) is 18.3. The number of rotatable bonds is 8. The lowest BCUT2D eigenvalue weighted by Crippen LogP contribution is -2.32. The molecule has 0 aliphatic heterocycles. The number of benzene rings is 1. The summed E-state index contributed by atoms with van der Waals surface area (Å²) in [6, 6.07) is 6.60. The molecule has 0 bridgehead atoms. The van der Waals surface area contributed by atoms with Crippen LogP contribution in [0.5, 0.6) is 5.75 Å².